The van der Waals surface area contributed by atoms with Crippen LogP contribution in [0.1, 0.15) is 25.5 Å². The molecule has 0 aliphatic heterocycles. The van der Waals surface area contributed by atoms with Crippen molar-refractivity contribution >= 4 is 11.0 Å². The van der Waals surface area contributed by atoms with Crippen LogP contribution in [0.3, 0.4) is 0 Å². The zero-order valence-corrected chi connectivity index (χ0v) is 8.83. The van der Waals surface area contributed by atoms with Gasteiger partial charge in [0, 0.05) is 17.3 Å². The first-order valence-corrected chi connectivity index (χ1v) is 5.03. The van der Waals surface area contributed by atoms with Gasteiger partial charge in [0.2, 0.25) is 0 Å². The van der Waals surface area contributed by atoms with Crippen molar-refractivity contribution < 1.29 is 8.81 Å². The van der Waals surface area contributed by atoms with E-state index in [0.717, 1.165) is 11.1 Å². The number of fused-ring (bicyclic) bond motifs is 1. The number of halogens is 1. The summed E-state index contributed by atoms with van der Waals surface area (Å²) in [6, 6.07) is 6.75. The molecule has 0 aliphatic carbocycles. The average Bonchev–Trinajstić information content (AvgIpc) is 2.61. The van der Waals surface area contributed by atoms with Crippen molar-refractivity contribution in [2.45, 2.75) is 25.8 Å². The fourth-order valence-electron chi connectivity index (χ4n) is 1.53. The van der Waals surface area contributed by atoms with Gasteiger partial charge in [0.25, 0.3) is 0 Å². The van der Waals surface area contributed by atoms with Gasteiger partial charge in [0.1, 0.15) is 5.76 Å². The van der Waals surface area contributed by atoms with Crippen molar-refractivity contribution in [2.24, 2.45) is 5.73 Å². The molecule has 0 saturated heterocycles. The van der Waals surface area contributed by atoms with Crippen LogP contribution in [0.5, 0.6) is 0 Å². The van der Waals surface area contributed by atoms with Gasteiger partial charge >= 0.3 is 0 Å². The lowest BCUT2D eigenvalue weighted by Gasteiger charge is -2.11. The molecule has 2 unspecified atom stereocenters. The summed E-state index contributed by atoms with van der Waals surface area (Å²) in [4.78, 5) is 0. The summed E-state index contributed by atoms with van der Waals surface area (Å²) in [6.45, 7) is 3.88. The highest BCUT2D eigenvalue weighted by molar-refractivity contribution is 5.78. The highest BCUT2D eigenvalue weighted by atomic mass is 19.1. The molecule has 3 heteroatoms. The summed E-state index contributed by atoms with van der Waals surface area (Å²) in [6.07, 6.45) is 0. The first kappa shape index (κ1) is 10.2. The molecule has 15 heavy (non-hydrogen) atoms. The average molecular weight is 207 g/mol. The second kappa shape index (κ2) is 3.66. The zero-order valence-electron chi connectivity index (χ0n) is 8.83. The van der Waals surface area contributed by atoms with Crippen molar-refractivity contribution in [3.63, 3.8) is 0 Å². The van der Waals surface area contributed by atoms with E-state index in [9.17, 15) is 4.39 Å². The second-order valence-corrected chi connectivity index (χ2v) is 3.95. The van der Waals surface area contributed by atoms with Crippen molar-refractivity contribution in [1.29, 1.82) is 0 Å². The molecule has 80 valence electrons. The Morgan fingerprint density at radius 1 is 1.33 bits per heavy atom. The Bertz CT molecular complexity index is 475. The van der Waals surface area contributed by atoms with Crippen LogP contribution >= 0.6 is 0 Å². The number of hydrogen-bond donors (Lipinski definition) is 1. The summed E-state index contributed by atoms with van der Waals surface area (Å²) in [7, 11) is 0. The first-order valence-electron chi connectivity index (χ1n) is 5.03. The molecule has 1 heterocycles. The Morgan fingerprint density at radius 2 is 2.07 bits per heavy atom. The fraction of sp³-hybridized carbons (Fsp3) is 0.333. The summed E-state index contributed by atoms with van der Waals surface area (Å²) in [5.41, 5.74) is 6.09. The van der Waals surface area contributed by atoms with Gasteiger partial charge in [0.15, 0.2) is 11.4 Å². The molecular weight excluding hydrogens is 193 g/mol. The van der Waals surface area contributed by atoms with Gasteiger partial charge in [-0.25, -0.2) is 4.39 Å². The minimum absolute atomic E-state index is 0.00590. The van der Waals surface area contributed by atoms with Gasteiger partial charge in [-0.15, -0.1) is 0 Å². The summed E-state index contributed by atoms with van der Waals surface area (Å²) >= 11 is 0. The van der Waals surface area contributed by atoms with Crippen molar-refractivity contribution in [2.75, 3.05) is 0 Å². The molecule has 0 amide bonds. The third-order valence-electron chi connectivity index (χ3n) is 2.75. The Kier molecular flexibility index (Phi) is 2.49. The number of rotatable bonds is 2. The van der Waals surface area contributed by atoms with Crippen molar-refractivity contribution in [1.82, 2.24) is 0 Å². The van der Waals surface area contributed by atoms with E-state index in [0.29, 0.717) is 5.58 Å². The Hall–Kier alpha value is -1.35. The Labute approximate surface area is 87.9 Å². The maximum absolute atomic E-state index is 13.3. The largest absolute Gasteiger partial charge is 0.458 e. The predicted octanol–water partition coefficient (Wildman–Crippen LogP) is 3.02. The third-order valence-corrected chi connectivity index (χ3v) is 2.75. The molecule has 0 fully saturated rings. The van der Waals surface area contributed by atoms with Gasteiger partial charge in [0.05, 0.1) is 0 Å². The van der Waals surface area contributed by atoms with E-state index in [1.807, 2.05) is 26.0 Å². The lowest BCUT2D eigenvalue weighted by molar-refractivity contribution is 0.458. The number of benzene rings is 1. The molecule has 1 aromatic heterocycles. The summed E-state index contributed by atoms with van der Waals surface area (Å²) < 4.78 is 18.8. The van der Waals surface area contributed by atoms with Gasteiger partial charge in [-0.05, 0) is 19.1 Å². The van der Waals surface area contributed by atoms with E-state index in [1.165, 1.54) is 6.07 Å². The molecule has 2 N–H and O–H groups in total. The molecule has 0 spiro atoms. The highest BCUT2D eigenvalue weighted by Crippen LogP contribution is 2.27. The van der Waals surface area contributed by atoms with E-state index in [2.05, 4.69) is 0 Å². The molecule has 0 radical (unpaired) electrons. The first-order chi connectivity index (χ1) is 7.09. The van der Waals surface area contributed by atoms with Gasteiger partial charge in [-0.2, -0.15) is 0 Å². The molecule has 2 rings (SSSR count). The van der Waals surface area contributed by atoms with Crippen LogP contribution in [0.15, 0.2) is 28.7 Å². The van der Waals surface area contributed by atoms with Crippen LogP contribution in [0.4, 0.5) is 4.39 Å². The third kappa shape index (κ3) is 1.75. The van der Waals surface area contributed by atoms with E-state index < -0.39 is 0 Å². The van der Waals surface area contributed by atoms with Crippen LogP contribution < -0.4 is 5.73 Å². The summed E-state index contributed by atoms with van der Waals surface area (Å²) in [5.74, 6) is 0.512. The minimum Gasteiger partial charge on any atom is -0.458 e. The smallest absolute Gasteiger partial charge is 0.169 e. The van der Waals surface area contributed by atoms with Gasteiger partial charge < -0.3 is 10.2 Å². The number of furan rings is 1. The van der Waals surface area contributed by atoms with Crippen molar-refractivity contribution in [3.8, 4) is 0 Å². The molecular formula is C12H14FNO. The standard InChI is InChI=1S/C12H14FNO/c1-7(8(2)14)11-6-9-4-3-5-10(13)12(9)15-11/h3-8H,14H2,1-2H3. The van der Waals surface area contributed by atoms with E-state index >= 15 is 0 Å². The van der Waals surface area contributed by atoms with Gasteiger partial charge in [-0.3, -0.25) is 0 Å². The fourth-order valence-corrected chi connectivity index (χ4v) is 1.53. The second-order valence-electron chi connectivity index (χ2n) is 3.95. The van der Waals surface area contributed by atoms with E-state index in [1.54, 1.807) is 6.07 Å². The Balaban J connectivity index is 2.52. The Morgan fingerprint density at radius 3 is 2.67 bits per heavy atom. The lowest BCUT2D eigenvalue weighted by Crippen LogP contribution is -2.21. The van der Waals surface area contributed by atoms with Gasteiger partial charge in [-0.1, -0.05) is 19.1 Å². The zero-order chi connectivity index (χ0) is 11.0. The monoisotopic (exact) mass is 207 g/mol. The number of hydrogen-bond acceptors (Lipinski definition) is 2. The maximum atomic E-state index is 13.3. The van der Waals surface area contributed by atoms with Crippen LogP contribution in [-0.2, 0) is 0 Å². The van der Waals surface area contributed by atoms with Crippen LogP contribution in [0.2, 0.25) is 0 Å². The molecule has 2 nitrogen and oxygen atoms in total. The molecule has 1 aromatic carbocycles. The van der Waals surface area contributed by atoms with Crippen molar-refractivity contribution in [3.05, 3.63) is 35.8 Å². The lowest BCUT2D eigenvalue weighted by atomic mass is 10.0. The highest BCUT2D eigenvalue weighted by Gasteiger charge is 2.16. The number of nitrogens with two attached hydrogens (primary N) is 1. The summed E-state index contributed by atoms with van der Waals surface area (Å²) in [5, 5.41) is 0.789. The van der Waals surface area contributed by atoms with E-state index in [4.69, 9.17) is 10.2 Å². The molecule has 0 bridgehead atoms. The predicted molar refractivity (Wildman–Crippen MR) is 58.2 cm³/mol. The minimum atomic E-state index is -0.323. The van der Waals surface area contributed by atoms with E-state index in [-0.39, 0.29) is 17.8 Å². The quantitative estimate of drug-likeness (QED) is 0.822. The van der Waals surface area contributed by atoms with Crippen LogP contribution in [-0.4, -0.2) is 6.04 Å². The molecule has 2 aromatic rings. The van der Waals surface area contributed by atoms with Crippen LogP contribution in [0, 0.1) is 5.82 Å². The molecule has 2 atom stereocenters. The SMILES string of the molecule is CC(N)C(C)c1cc2cccc(F)c2o1. The molecule has 0 saturated carbocycles. The molecule has 0 aliphatic rings. The normalized spacial score (nSPS) is 15.5. The number of para-hydroxylation sites is 1. The maximum Gasteiger partial charge on any atom is 0.169 e. The topological polar surface area (TPSA) is 39.2 Å². The van der Waals surface area contributed by atoms with Crippen LogP contribution in [0.25, 0.3) is 11.0 Å².